The zero-order chi connectivity index (χ0) is 18.1. The number of aromatic nitrogens is 4. The SMILES string of the molecule is Cn1cc(NC(=O)c2cnn(-c3cccc(Cl)c3)c2)c(=O)n(C)c1=O. The molecule has 0 radical (unpaired) electrons. The number of aryl methyl sites for hydroxylation is 1. The fraction of sp³-hybridized carbons (Fsp3) is 0.125. The van der Waals surface area contributed by atoms with Crippen LogP contribution in [0.25, 0.3) is 5.69 Å². The van der Waals surface area contributed by atoms with Crippen LogP contribution in [-0.4, -0.2) is 24.8 Å². The Morgan fingerprint density at radius 1 is 1.20 bits per heavy atom. The van der Waals surface area contributed by atoms with E-state index >= 15 is 0 Å². The Balaban J connectivity index is 1.88. The molecule has 1 aromatic carbocycles. The van der Waals surface area contributed by atoms with Crippen LogP contribution in [0.3, 0.4) is 0 Å². The van der Waals surface area contributed by atoms with Crippen molar-refractivity contribution in [1.82, 2.24) is 18.9 Å². The number of carbonyl (C=O) groups excluding carboxylic acids is 1. The molecular weight excluding hydrogens is 346 g/mol. The first-order valence-electron chi connectivity index (χ1n) is 7.25. The predicted molar refractivity (Wildman–Crippen MR) is 93.5 cm³/mol. The molecule has 25 heavy (non-hydrogen) atoms. The normalized spacial score (nSPS) is 10.7. The van der Waals surface area contributed by atoms with Crippen LogP contribution in [-0.2, 0) is 14.1 Å². The summed E-state index contributed by atoms with van der Waals surface area (Å²) in [4.78, 5) is 36.1. The van der Waals surface area contributed by atoms with Gasteiger partial charge in [-0.05, 0) is 18.2 Å². The minimum atomic E-state index is -0.585. The predicted octanol–water partition coefficient (Wildman–Crippen LogP) is 1.18. The lowest BCUT2D eigenvalue weighted by Crippen LogP contribution is -2.38. The Kier molecular flexibility index (Phi) is 4.28. The number of benzene rings is 1. The molecular formula is C16H14ClN5O3. The number of hydrogen-bond donors (Lipinski definition) is 1. The number of hydrogen-bond acceptors (Lipinski definition) is 4. The fourth-order valence-corrected chi connectivity index (χ4v) is 2.47. The molecule has 128 valence electrons. The number of nitrogens with zero attached hydrogens (tertiary/aromatic N) is 4. The molecule has 2 heterocycles. The van der Waals surface area contributed by atoms with Crippen molar-refractivity contribution in [3.05, 3.63) is 74.3 Å². The van der Waals surface area contributed by atoms with E-state index < -0.39 is 17.2 Å². The number of nitrogens with one attached hydrogen (secondary N) is 1. The van der Waals surface area contributed by atoms with Gasteiger partial charge in [-0.1, -0.05) is 17.7 Å². The molecule has 0 aliphatic heterocycles. The van der Waals surface area contributed by atoms with Crippen LogP contribution in [0.2, 0.25) is 5.02 Å². The highest BCUT2D eigenvalue weighted by Gasteiger charge is 2.14. The highest BCUT2D eigenvalue weighted by Crippen LogP contribution is 2.15. The second-order valence-corrected chi connectivity index (χ2v) is 5.84. The molecule has 0 fully saturated rings. The van der Waals surface area contributed by atoms with Gasteiger partial charge in [-0.3, -0.25) is 14.2 Å². The first-order valence-corrected chi connectivity index (χ1v) is 7.63. The van der Waals surface area contributed by atoms with Crippen LogP contribution in [0.1, 0.15) is 10.4 Å². The van der Waals surface area contributed by atoms with Crippen molar-refractivity contribution in [3.63, 3.8) is 0 Å². The summed E-state index contributed by atoms with van der Waals surface area (Å²) in [5, 5.41) is 7.17. The van der Waals surface area contributed by atoms with E-state index in [1.54, 1.807) is 24.3 Å². The minimum absolute atomic E-state index is 0.00473. The van der Waals surface area contributed by atoms with Gasteiger partial charge < -0.3 is 9.88 Å². The smallest absolute Gasteiger partial charge is 0.316 e. The quantitative estimate of drug-likeness (QED) is 0.760. The van der Waals surface area contributed by atoms with Crippen molar-refractivity contribution < 1.29 is 4.79 Å². The Labute approximate surface area is 146 Å². The van der Waals surface area contributed by atoms with E-state index in [9.17, 15) is 14.4 Å². The van der Waals surface area contributed by atoms with Crippen molar-refractivity contribution >= 4 is 23.2 Å². The molecule has 3 rings (SSSR count). The fourth-order valence-electron chi connectivity index (χ4n) is 2.29. The van der Waals surface area contributed by atoms with Crippen LogP contribution in [0.5, 0.6) is 0 Å². The molecule has 0 spiro atoms. The highest BCUT2D eigenvalue weighted by molar-refractivity contribution is 6.30. The summed E-state index contributed by atoms with van der Waals surface area (Å²) in [5.41, 5.74) is -0.0963. The third-order valence-electron chi connectivity index (χ3n) is 3.61. The third kappa shape index (κ3) is 3.24. The van der Waals surface area contributed by atoms with Gasteiger partial charge >= 0.3 is 5.69 Å². The summed E-state index contributed by atoms with van der Waals surface area (Å²) in [6, 6.07) is 7.01. The van der Waals surface area contributed by atoms with E-state index in [1.165, 1.54) is 41.9 Å². The summed E-state index contributed by atoms with van der Waals surface area (Å²) in [6.07, 6.45) is 4.18. The molecule has 1 amide bonds. The molecule has 0 aliphatic carbocycles. The molecule has 0 bridgehead atoms. The van der Waals surface area contributed by atoms with Crippen LogP contribution in [0, 0.1) is 0 Å². The van der Waals surface area contributed by atoms with E-state index in [-0.39, 0.29) is 11.3 Å². The van der Waals surface area contributed by atoms with Crippen molar-refractivity contribution in [2.24, 2.45) is 14.1 Å². The topological polar surface area (TPSA) is 90.9 Å². The van der Waals surface area contributed by atoms with Crippen LogP contribution in [0.15, 0.2) is 52.4 Å². The van der Waals surface area contributed by atoms with Gasteiger partial charge in [-0.15, -0.1) is 0 Å². The van der Waals surface area contributed by atoms with E-state index in [4.69, 9.17) is 11.6 Å². The maximum Gasteiger partial charge on any atom is 0.330 e. The average Bonchev–Trinajstić information content (AvgIpc) is 3.08. The van der Waals surface area contributed by atoms with Crippen LogP contribution >= 0.6 is 11.6 Å². The number of anilines is 1. The van der Waals surface area contributed by atoms with Gasteiger partial charge in [0.2, 0.25) is 0 Å². The number of rotatable bonds is 3. The lowest BCUT2D eigenvalue weighted by molar-refractivity contribution is 0.102. The second-order valence-electron chi connectivity index (χ2n) is 5.41. The van der Waals surface area contributed by atoms with Gasteiger partial charge in [0.05, 0.1) is 17.4 Å². The van der Waals surface area contributed by atoms with Crippen molar-refractivity contribution in [2.45, 2.75) is 0 Å². The van der Waals surface area contributed by atoms with Crippen molar-refractivity contribution in [3.8, 4) is 5.69 Å². The zero-order valence-electron chi connectivity index (χ0n) is 13.4. The van der Waals surface area contributed by atoms with Gasteiger partial charge in [0, 0.05) is 31.5 Å². The molecule has 1 N–H and O–H groups in total. The van der Waals surface area contributed by atoms with Gasteiger partial charge in [0.15, 0.2) is 0 Å². The molecule has 3 aromatic rings. The van der Waals surface area contributed by atoms with Gasteiger partial charge in [-0.25, -0.2) is 9.48 Å². The molecule has 0 saturated heterocycles. The van der Waals surface area contributed by atoms with Gasteiger partial charge in [-0.2, -0.15) is 5.10 Å². The van der Waals surface area contributed by atoms with Crippen molar-refractivity contribution in [1.29, 1.82) is 0 Å². The van der Waals surface area contributed by atoms with Crippen LogP contribution < -0.4 is 16.6 Å². The first-order chi connectivity index (χ1) is 11.9. The van der Waals surface area contributed by atoms with E-state index in [2.05, 4.69) is 10.4 Å². The minimum Gasteiger partial charge on any atom is -0.316 e. The van der Waals surface area contributed by atoms with E-state index in [0.29, 0.717) is 10.7 Å². The Hall–Kier alpha value is -3.13. The standard InChI is InChI=1S/C16H14ClN5O3/c1-20-9-13(15(24)21(2)16(20)25)19-14(23)10-7-18-22(8-10)12-5-3-4-11(17)6-12/h3-9H,1-2H3,(H,19,23). The average molecular weight is 360 g/mol. The Bertz CT molecular complexity index is 1080. The lowest BCUT2D eigenvalue weighted by atomic mass is 10.3. The second kappa shape index (κ2) is 6.40. The zero-order valence-corrected chi connectivity index (χ0v) is 14.2. The summed E-state index contributed by atoms with van der Waals surface area (Å²) in [6.45, 7) is 0. The number of carbonyl (C=O) groups is 1. The van der Waals surface area contributed by atoms with Gasteiger partial charge in [0.25, 0.3) is 11.5 Å². The largest absolute Gasteiger partial charge is 0.330 e. The van der Waals surface area contributed by atoms with Gasteiger partial charge in [0.1, 0.15) is 5.69 Å². The summed E-state index contributed by atoms with van der Waals surface area (Å²) < 4.78 is 3.64. The summed E-state index contributed by atoms with van der Waals surface area (Å²) in [5.74, 6) is -0.510. The first kappa shape index (κ1) is 16.7. The molecule has 0 saturated carbocycles. The molecule has 2 aromatic heterocycles. The summed E-state index contributed by atoms with van der Waals surface area (Å²) >= 11 is 5.95. The Morgan fingerprint density at radius 3 is 2.68 bits per heavy atom. The summed E-state index contributed by atoms with van der Waals surface area (Å²) in [7, 11) is 2.84. The molecule has 8 nitrogen and oxygen atoms in total. The monoisotopic (exact) mass is 359 g/mol. The maximum atomic E-state index is 12.4. The maximum absolute atomic E-state index is 12.4. The molecule has 0 atom stereocenters. The van der Waals surface area contributed by atoms with E-state index in [1.807, 2.05) is 0 Å². The molecule has 9 heteroatoms. The number of halogens is 1. The number of amides is 1. The Morgan fingerprint density at radius 2 is 1.96 bits per heavy atom. The lowest BCUT2D eigenvalue weighted by Gasteiger charge is -2.07. The molecule has 0 unspecified atom stereocenters. The van der Waals surface area contributed by atoms with Crippen LogP contribution in [0.4, 0.5) is 5.69 Å². The van der Waals surface area contributed by atoms with Crippen molar-refractivity contribution in [2.75, 3.05) is 5.32 Å². The third-order valence-corrected chi connectivity index (χ3v) is 3.85. The molecule has 0 aliphatic rings. The van der Waals surface area contributed by atoms with E-state index in [0.717, 1.165) is 4.57 Å². The highest BCUT2D eigenvalue weighted by atomic mass is 35.5.